The monoisotopic (exact) mass is 566 g/mol. The van der Waals surface area contributed by atoms with Gasteiger partial charge in [-0.3, -0.25) is 9.59 Å². The molecule has 0 aliphatic carbocycles. The molecule has 1 aliphatic heterocycles. The number of carboxylic acid groups (broad SMARTS) is 1. The number of rotatable bonds is 29. The second kappa shape index (κ2) is 28.1. The fraction of sp³-hybridized carbons (Fsp3) is 0.923. The van der Waals surface area contributed by atoms with Crippen molar-refractivity contribution in [2.45, 2.75) is 38.2 Å². The van der Waals surface area contributed by atoms with Crippen LogP contribution in [0.3, 0.4) is 0 Å². The highest BCUT2D eigenvalue weighted by Gasteiger charge is 2.12. The first-order valence-electron chi connectivity index (χ1n) is 14.0. The van der Waals surface area contributed by atoms with Crippen molar-refractivity contribution in [1.82, 2.24) is 10.6 Å². The molecule has 1 fully saturated rings. The fourth-order valence-electron chi connectivity index (χ4n) is 3.37. The van der Waals surface area contributed by atoms with Gasteiger partial charge in [-0.05, 0) is 32.4 Å². The minimum atomic E-state index is -0.978. The molecule has 0 radical (unpaired) electrons. The predicted octanol–water partition coefficient (Wildman–Crippen LogP) is 0.242. The summed E-state index contributed by atoms with van der Waals surface area (Å²) in [4.78, 5) is 21.7. The van der Waals surface area contributed by atoms with Crippen molar-refractivity contribution < 1.29 is 52.6 Å². The standard InChI is InChI=1S/C26H50N2O11/c29-25(2-3-26(30)31)28-6-1-9-32-10-11-33-12-13-34-14-15-35-16-17-36-18-19-37-20-21-38-22-23-39-24-4-7-27-8-5-24/h24,27H,1-23H2,(H,28,29)(H,30,31). The Hall–Kier alpha value is -1.42. The molecule has 0 atom stereocenters. The summed E-state index contributed by atoms with van der Waals surface area (Å²) in [5, 5.41) is 14.5. The van der Waals surface area contributed by atoms with Gasteiger partial charge in [0.1, 0.15) is 0 Å². The Morgan fingerprint density at radius 3 is 1.46 bits per heavy atom. The van der Waals surface area contributed by atoms with Gasteiger partial charge in [-0.25, -0.2) is 0 Å². The Kier molecular flexibility index (Phi) is 25.7. The molecule has 13 heteroatoms. The second-order valence-electron chi connectivity index (χ2n) is 8.70. The van der Waals surface area contributed by atoms with Gasteiger partial charge in [-0.15, -0.1) is 0 Å². The van der Waals surface area contributed by atoms with Crippen LogP contribution in [-0.2, 0) is 47.5 Å². The van der Waals surface area contributed by atoms with Crippen molar-refractivity contribution in [3.63, 3.8) is 0 Å². The summed E-state index contributed by atoms with van der Waals surface area (Å²) in [5.74, 6) is -1.24. The van der Waals surface area contributed by atoms with Gasteiger partial charge in [0.05, 0.1) is 105 Å². The van der Waals surface area contributed by atoms with Gasteiger partial charge in [0.25, 0.3) is 0 Å². The van der Waals surface area contributed by atoms with Gasteiger partial charge in [0, 0.05) is 19.6 Å². The highest BCUT2D eigenvalue weighted by Crippen LogP contribution is 2.06. The van der Waals surface area contributed by atoms with Gasteiger partial charge < -0.3 is 53.6 Å². The maximum absolute atomic E-state index is 11.3. The number of carbonyl (C=O) groups is 2. The average molecular weight is 567 g/mol. The van der Waals surface area contributed by atoms with Gasteiger partial charge in [-0.2, -0.15) is 0 Å². The maximum atomic E-state index is 11.3. The molecule has 0 aromatic heterocycles. The largest absolute Gasteiger partial charge is 0.481 e. The average Bonchev–Trinajstić information content (AvgIpc) is 2.94. The predicted molar refractivity (Wildman–Crippen MR) is 142 cm³/mol. The van der Waals surface area contributed by atoms with Gasteiger partial charge >= 0.3 is 5.97 Å². The summed E-state index contributed by atoms with van der Waals surface area (Å²) in [6.07, 6.45) is 3.01. The van der Waals surface area contributed by atoms with Crippen molar-refractivity contribution in [2.75, 3.05) is 119 Å². The molecule has 0 unspecified atom stereocenters. The van der Waals surface area contributed by atoms with Crippen LogP contribution in [0.1, 0.15) is 32.1 Å². The van der Waals surface area contributed by atoms with E-state index in [2.05, 4.69) is 10.6 Å². The molecule has 3 N–H and O–H groups in total. The number of carboxylic acids is 1. The summed E-state index contributed by atoms with van der Waals surface area (Å²) < 4.78 is 43.9. The Bertz CT molecular complexity index is 566. The number of piperidine rings is 1. The zero-order chi connectivity index (χ0) is 28.1. The Morgan fingerprint density at radius 2 is 1.03 bits per heavy atom. The van der Waals surface area contributed by atoms with Crippen LogP contribution in [0.25, 0.3) is 0 Å². The molecular formula is C26H50N2O11. The smallest absolute Gasteiger partial charge is 0.303 e. The first-order valence-corrected chi connectivity index (χ1v) is 14.0. The lowest BCUT2D eigenvalue weighted by Gasteiger charge is -2.22. The van der Waals surface area contributed by atoms with Crippen molar-refractivity contribution in [2.24, 2.45) is 0 Å². The molecule has 0 spiro atoms. The van der Waals surface area contributed by atoms with Crippen LogP contribution in [0.4, 0.5) is 0 Å². The molecule has 0 saturated carbocycles. The van der Waals surface area contributed by atoms with E-state index in [0.717, 1.165) is 25.9 Å². The highest BCUT2D eigenvalue weighted by atomic mass is 16.6. The van der Waals surface area contributed by atoms with E-state index in [0.29, 0.717) is 118 Å². The molecule has 39 heavy (non-hydrogen) atoms. The summed E-state index contributed by atoms with van der Waals surface area (Å²) in [6.45, 7) is 10.3. The number of hydrogen-bond donors (Lipinski definition) is 3. The Labute approximate surface area is 232 Å². The second-order valence-corrected chi connectivity index (χ2v) is 8.70. The van der Waals surface area contributed by atoms with Crippen molar-refractivity contribution in [1.29, 1.82) is 0 Å². The van der Waals surface area contributed by atoms with Crippen molar-refractivity contribution >= 4 is 11.9 Å². The zero-order valence-corrected chi connectivity index (χ0v) is 23.4. The number of ether oxygens (including phenoxy) is 8. The number of carbonyl (C=O) groups excluding carboxylic acids is 1. The van der Waals surface area contributed by atoms with E-state index in [-0.39, 0.29) is 18.7 Å². The third-order valence-corrected chi connectivity index (χ3v) is 5.45. The van der Waals surface area contributed by atoms with E-state index in [1.165, 1.54) is 0 Å². The topological polar surface area (TPSA) is 152 Å². The minimum Gasteiger partial charge on any atom is -0.481 e. The summed E-state index contributed by atoms with van der Waals surface area (Å²) in [6, 6.07) is 0. The van der Waals surface area contributed by atoms with E-state index >= 15 is 0 Å². The maximum Gasteiger partial charge on any atom is 0.303 e. The number of hydrogen-bond acceptors (Lipinski definition) is 11. The van der Waals surface area contributed by atoms with Gasteiger partial charge in [0.2, 0.25) is 5.91 Å². The van der Waals surface area contributed by atoms with Crippen LogP contribution in [0, 0.1) is 0 Å². The normalized spacial score (nSPS) is 14.1. The quantitative estimate of drug-likeness (QED) is 0.106. The van der Waals surface area contributed by atoms with E-state index in [1.807, 2.05) is 0 Å². The first-order chi connectivity index (χ1) is 19.2. The molecule has 1 aliphatic rings. The molecule has 1 heterocycles. The van der Waals surface area contributed by atoms with Crippen molar-refractivity contribution in [3.8, 4) is 0 Å². The van der Waals surface area contributed by atoms with Crippen LogP contribution < -0.4 is 10.6 Å². The van der Waals surface area contributed by atoms with Crippen LogP contribution in [0.2, 0.25) is 0 Å². The van der Waals surface area contributed by atoms with E-state index in [9.17, 15) is 9.59 Å². The van der Waals surface area contributed by atoms with Crippen LogP contribution in [0.15, 0.2) is 0 Å². The Balaban J connectivity index is 1.64. The summed E-state index contributed by atoms with van der Waals surface area (Å²) >= 11 is 0. The Morgan fingerprint density at radius 1 is 0.615 bits per heavy atom. The molecule has 1 saturated heterocycles. The highest BCUT2D eigenvalue weighted by molar-refractivity contribution is 5.80. The fourth-order valence-corrected chi connectivity index (χ4v) is 3.37. The number of nitrogens with one attached hydrogen (secondary N) is 2. The lowest BCUT2D eigenvalue weighted by atomic mass is 10.1. The summed E-state index contributed by atoms with van der Waals surface area (Å²) in [5.41, 5.74) is 0. The lowest BCUT2D eigenvalue weighted by molar-refractivity contribution is -0.138. The van der Waals surface area contributed by atoms with E-state index < -0.39 is 5.97 Å². The van der Waals surface area contributed by atoms with Crippen LogP contribution >= 0.6 is 0 Å². The van der Waals surface area contributed by atoms with E-state index in [4.69, 9.17) is 43.0 Å². The molecule has 0 aromatic rings. The van der Waals surface area contributed by atoms with Crippen LogP contribution in [0.5, 0.6) is 0 Å². The van der Waals surface area contributed by atoms with Crippen LogP contribution in [-0.4, -0.2) is 142 Å². The molecule has 0 bridgehead atoms. The molecule has 0 aromatic carbocycles. The molecule has 1 amide bonds. The van der Waals surface area contributed by atoms with E-state index in [1.54, 1.807) is 0 Å². The zero-order valence-electron chi connectivity index (χ0n) is 23.4. The molecule has 13 nitrogen and oxygen atoms in total. The molecular weight excluding hydrogens is 516 g/mol. The SMILES string of the molecule is O=C(O)CCC(=O)NCCCOCCOCCOCCOCCOCCOCCOCCOC1CCNCC1. The minimum absolute atomic E-state index is 0.00407. The van der Waals surface area contributed by atoms with Gasteiger partial charge in [-0.1, -0.05) is 0 Å². The van der Waals surface area contributed by atoms with Gasteiger partial charge in [0.15, 0.2) is 0 Å². The summed E-state index contributed by atoms with van der Waals surface area (Å²) in [7, 11) is 0. The molecule has 230 valence electrons. The number of amides is 1. The lowest BCUT2D eigenvalue weighted by Crippen LogP contribution is -2.33. The molecule has 1 rings (SSSR count). The third-order valence-electron chi connectivity index (χ3n) is 5.45. The number of aliphatic carboxylic acids is 1. The third kappa shape index (κ3) is 26.6. The van der Waals surface area contributed by atoms with Crippen molar-refractivity contribution in [3.05, 3.63) is 0 Å². The first kappa shape index (κ1) is 35.6.